The first-order chi connectivity index (χ1) is 10.2. The molecule has 0 saturated carbocycles. The molecule has 0 amide bonds. The molecular weight excluding hydrogens is 264 g/mol. The van der Waals surface area contributed by atoms with Gasteiger partial charge in [-0.25, -0.2) is 9.97 Å². The first-order valence-corrected chi connectivity index (χ1v) is 6.69. The van der Waals surface area contributed by atoms with E-state index in [-0.39, 0.29) is 5.95 Å². The van der Waals surface area contributed by atoms with Gasteiger partial charge in [0.25, 0.3) is 0 Å². The van der Waals surface area contributed by atoms with E-state index >= 15 is 0 Å². The van der Waals surface area contributed by atoms with Crippen molar-refractivity contribution in [3.8, 4) is 22.5 Å². The summed E-state index contributed by atoms with van der Waals surface area (Å²) in [5, 5.41) is 4.58. The van der Waals surface area contributed by atoms with Gasteiger partial charge in [-0.3, -0.25) is 4.68 Å². The van der Waals surface area contributed by atoms with Crippen molar-refractivity contribution in [1.82, 2.24) is 19.7 Å². The van der Waals surface area contributed by atoms with Crippen LogP contribution in [0.2, 0.25) is 0 Å². The summed E-state index contributed by atoms with van der Waals surface area (Å²) in [6.45, 7) is 2.81. The van der Waals surface area contributed by atoms with Crippen molar-refractivity contribution < 1.29 is 0 Å². The van der Waals surface area contributed by atoms with E-state index in [9.17, 15) is 0 Å². The van der Waals surface area contributed by atoms with Crippen LogP contribution in [-0.2, 0) is 6.54 Å². The lowest BCUT2D eigenvalue weighted by atomic mass is 10.0. The Morgan fingerprint density at radius 2 is 2.05 bits per heavy atom. The first-order valence-electron chi connectivity index (χ1n) is 6.69. The Morgan fingerprint density at radius 3 is 2.76 bits per heavy atom. The first kappa shape index (κ1) is 13.1. The number of anilines is 2. The van der Waals surface area contributed by atoms with Crippen LogP contribution in [0, 0.1) is 0 Å². The fourth-order valence-corrected chi connectivity index (χ4v) is 2.20. The van der Waals surface area contributed by atoms with E-state index in [4.69, 9.17) is 11.5 Å². The highest BCUT2D eigenvalue weighted by Gasteiger charge is 2.14. The maximum Gasteiger partial charge on any atom is 0.220 e. The average molecular weight is 280 g/mol. The van der Waals surface area contributed by atoms with Crippen molar-refractivity contribution in [2.75, 3.05) is 11.5 Å². The maximum atomic E-state index is 5.88. The summed E-state index contributed by atoms with van der Waals surface area (Å²) in [5.74, 6) is 0.233. The highest BCUT2D eigenvalue weighted by Crippen LogP contribution is 2.31. The number of hydrogen-bond donors (Lipinski definition) is 2. The zero-order chi connectivity index (χ0) is 14.8. The molecule has 21 heavy (non-hydrogen) atoms. The van der Waals surface area contributed by atoms with Crippen molar-refractivity contribution in [2.24, 2.45) is 0 Å². The fraction of sp³-hybridized carbons (Fsp3) is 0.133. The molecule has 0 radical (unpaired) electrons. The van der Waals surface area contributed by atoms with Gasteiger partial charge in [-0.1, -0.05) is 12.1 Å². The molecule has 6 nitrogen and oxygen atoms in total. The average Bonchev–Trinajstić information content (AvgIpc) is 2.91. The summed E-state index contributed by atoms with van der Waals surface area (Å²) in [5.41, 5.74) is 15.7. The Morgan fingerprint density at radius 1 is 1.19 bits per heavy atom. The summed E-state index contributed by atoms with van der Waals surface area (Å²) in [6.07, 6.45) is 3.62. The molecule has 0 spiro atoms. The molecule has 0 fully saturated rings. The molecule has 0 saturated heterocycles. The van der Waals surface area contributed by atoms with Crippen molar-refractivity contribution in [3.63, 3.8) is 0 Å². The molecule has 1 aromatic carbocycles. The molecule has 2 heterocycles. The molecule has 0 atom stereocenters. The van der Waals surface area contributed by atoms with Crippen LogP contribution in [0.3, 0.4) is 0 Å². The smallest absolute Gasteiger partial charge is 0.220 e. The van der Waals surface area contributed by atoms with Crippen LogP contribution in [0.5, 0.6) is 0 Å². The molecular formula is C15H16N6. The Bertz CT molecular complexity index is 714. The predicted molar refractivity (Wildman–Crippen MR) is 83.2 cm³/mol. The number of rotatable bonds is 3. The van der Waals surface area contributed by atoms with Gasteiger partial charge in [-0.2, -0.15) is 5.10 Å². The molecule has 0 aliphatic carbocycles. The van der Waals surface area contributed by atoms with Gasteiger partial charge in [-0.05, 0) is 30.7 Å². The highest BCUT2D eigenvalue weighted by atomic mass is 15.3. The second-order valence-corrected chi connectivity index (χ2v) is 4.67. The van der Waals surface area contributed by atoms with Crippen LogP contribution in [0.4, 0.5) is 11.6 Å². The van der Waals surface area contributed by atoms with Crippen molar-refractivity contribution >= 4 is 11.6 Å². The Labute approximate surface area is 122 Å². The summed E-state index contributed by atoms with van der Waals surface area (Å²) < 4.78 is 1.87. The monoisotopic (exact) mass is 280 g/mol. The van der Waals surface area contributed by atoms with Crippen molar-refractivity contribution in [2.45, 2.75) is 13.5 Å². The van der Waals surface area contributed by atoms with Crippen molar-refractivity contribution in [1.29, 1.82) is 0 Å². The van der Waals surface area contributed by atoms with Gasteiger partial charge in [0.15, 0.2) is 0 Å². The van der Waals surface area contributed by atoms with Crippen LogP contribution in [0.1, 0.15) is 6.92 Å². The summed E-state index contributed by atoms with van der Waals surface area (Å²) in [7, 11) is 0. The molecule has 3 rings (SSSR count). The van der Waals surface area contributed by atoms with Crippen LogP contribution in [-0.4, -0.2) is 19.7 Å². The molecule has 0 aliphatic heterocycles. The molecule has 3 aromatic rings. The molecule has 0 aliphatic rings. The lowest BCUT2D eigenvalue weighted by Gasteiger charge is -2.03. The third-order valence-electron chi connectivity index (χ3n) is 3.20. The topological polar surface area (TPSA) is 95.6 Å². The standard InChI is InChI=1S/C15H16N6/c1-2-21-9-12(10-4-3-5-11(16)8-10)14(20-21)13-6-7-18-15(17)19-13/h3-9H,2,16H2,1H3,(H2,17,18,19). The zero-order valence-corrected chi connectivity index (χ0v) is 11.7. The Hall–Kier alpha value is -2.89. The quantitative estimate of drug-likeness (QED) is 0.717. The Balaban J connectivity index is 2.18. The van der Waals surface area contributed by atoms with E-state index in [0.29, 0.717) is 11.4 Å². The highest BCUT2D eigenvalue weighted by molar-refractivity contribution is 5.80. The molecule has 0 unspecified atom stereocenters. The van der Waals surface area contributed by atoms with E-state index in [2.05, 4.69) is 15.1 Å². The SMILES string of the molecule is CCn1cc(-c2cccc(N)c2)c(-c2ccnc(N)n2)n1. The normalized spacial score (nSPS) is 10.7. The molecule has 4 N–H and O–H groups in total. The van der Waals surface area contributed by atoms with Crippen LogP contribution in [0.25, 0.3) is 22.5 Å². The van der Waals surface area contributed by atoms with Gasteiger partial charge < -0.3 is 11.5 Å². The molecule has 106 valence electrons. The number of hydrogen-bond acceptors (Lipinski definition) is 5. The van der Waals surface area contributed by atoms with E-state index < -0.39 is 0 Å². The third-order valence-corrected chi connectivity index (χ3v) is 3.20. The number of aromatic nitrogens is 4. The van der Waals surface area contributed by atoms with Gasteiger partial charge in [0.1, 0.15) is 5.69 Å². The lowest BCUT2D eigenvalue weighted by molar-refractivity contribution is 0.662. The Kier molecular flexibility index (Phi) is 3.27. The second-order valence-electron chi connectivity index (χ2n) is 4.67. The second kappa shape index (κ2) is 5.24. The van der Waals surface area contributed by atoms with Gasteiger partial charge in [-0.15, -0.1) is 0 Å². The van der Waals surface area contributed by atoms with Gasteiger partial charge in [0.2, 0.25) is 5.95 Å². The predicted octanol–water partition coefficient (Wildman–Crippen LogP) is 2.19. The number of aryl methyl sites for hydroxylation is 1. The third kappa shape index (κ3) is 2.55. The van der Waals surface area contributed by atoms with E-state index in [0.717, 1.165) is 23.4 Å². The van der Waals surface area contributed by atoms with Crippen LogP contribution >= 0.6 is 0 Å². The van der Waals surface area contributed by atoms with Crippen molar-refractivity contribution in [3.05, 3.63) is 42.7 Å². The fourth-order valence-electron chi connectivity index (χ4n) is 2.20. The summed E-state index contributed by atoms with van der Waals surface area (Å²) in [4.78, 5) is 8.18. The van der Waals surface area contributed by atoms with Gasteiger partial charge >= 0.3 is 0 Å². The number of nitrogens with two attached hydrogens (primary N) is 2. The summed E-state index contributed by atoms with van der Waals surface area (Å²) >= 11 is 0. The molecule has 0 bridgehead atoms. The lowest BCUT2D eigenvalue weighted by Crippen LogP contribution is -1.97. The number of nitrogen functional groups attached to an aromatic ring is 2. The minimum Gasteiger partial charge on any atom is -0.399 e. The largest absolute Gasteiger partial charge is 0.399 e. The summed E-state index contributed by atoms with van der Waals surface area (Å²) in [6, 6.07) is 9.50. The van der Waals surface area contributed by atoms with Crippen LogP contribution in [0.15, 0.2) is 42.7 Å². The number of benzene rings is 1. The zero-order valence-electron chi connectivity index (χ0n) is 11.7. The van der Waals surface area contributed by atoms with Crippen LogP contribution < -0.4 is 11.5 Å². The maximum absolute atomic E-state index is 5.88. The van der Waals surface area contributed by atoms with Gasteiger partial charge in [0, 0.05) is 30.2 Å². The molecule has 6 heteroatoms. The minimum atomic E-state index is 0.233. The van der Waals surface area contributed by atoms with E-state index in [1.54, 1.807) is 12.3 Å². The van der Waals surface area contributed by atoms with Gasteiger partial charge in [0.05, 0.1) is 5.69 Å². The number of nitrogens with zero attached hydrogens (tertiary/aromatic N) is 4. The minimum absolute atomic E-state index is 0.233. The van der Waals surface area contributed by atoms with E-state index in [1.165, 1.54) is 0 Å². The molecule has 2 aromatic heterocycles. The van der Waals surface area contributed by atoms with E-state index in [1.807, 2.05) is 42.1 Å².